The second kappa shape index (κ2) is 2.19. The van der Waals surface area contributed by atoms with Crippen molar-refractivity contribution in [3.63, 3.8) is 0 Å². The van der Waals surface area contributed by atoms with E-state index in [1.807, 2.05) is 0 Å². The fraction of sp³-hybridized carbons (Fsp3) is 1.00. The zero-order valence-electron chi connectivity index (χ0n) is 13.7. The molecule has 114 valence electrons. The van der Waals surface area contributed by atoms with Gasteiger partial charge in [0.25, 0.3) is 0 Å². The summed E-state index contributed by atoms with van der Waals surface area (Å²) in [5.41, 5.74) is 1.73. The van der Waals surface area contributed by atoms with Crippen LogP contribution in [-0.2, 0) is 0 Å². The van der Waals surface area contributed by atoms with Gasteiger partial charge in [0.2, 0.25) is 0 Å². The molecule has 0 radical (unpaired) electrons. The molecule has 12 unspecified atom stereocenters. The van der Waals surface area contributed by atoms with Gasteiger partial charge in [-0.1, -0.05) is 13.8 Å². The Labute approximate surface area is 132 Å². The van der Waals surface area contributed by atoms with Gasteiger partial charge in [-0.15, -0.1) is 0 Å². The molecule has 0 saturated heterocycles. The highest BCUT2D eigenvalue weighted by Crippen LogP contribution is 3.01. The Morgan fingerprint density at radius 2 is 0.773 bits per heavy atom. The van der Waals surface area contributed by atoms with Gasteiger partial charge in [0.1, 0.15) is 0 Å². The summed E-state index contributed by atoms with van der Waals surface area (Å²) in [4.78, 5) is 0. The predicted molar refractivity (Wildman–Crippen MR) is 81.3 cm³/mol. The van der Waals surface area contributed by atoms with Crippen molar-refractivity contribution in [3.05, 3.63) is 0 Å². The molecule has 0 heteroatoms. The number of hydrogen-bond donors (Lipinski definition) is 0. The van der Waals surface area contributed by atoms with Crippen molar-refractivity contribution in [2.24, 2.45) is 106 Å². The van der Waals surface area contributed by atoms with Gasteiger partial charge in [-0.2, -0.15) is 0 Å². The summed E-state index contributed by atoms with van der Waals surface area (Å²) in [6.07, 6.45) is 3.46. The van der Waals surface area contributed by atoms with Crippen molar-refractivity contribution in [1.29, 1.82) is 0 Å². The highest BCUT2D eigenvalue weighted by Gasteiger charge is 2.97. The smallest absolute Gasteiger partial charge is 0.0224 e. The van der Waals surface area contributed by atoms with E-state index in [0.717, 1.165) is 10.8 Å². The zero-order chi connectivity index (χ0) is 13.7. The SMILES string of the molecule is CC12C3C4CC5C6C4C1C1C4C2C2C3CC3C2C4C(C)(C53)C61. The topological polar surface area (TPSA) is 0 Å². The molecule has 10 rings (SSSR count). The Morgan fingerprint density at radius 1 is 0.455 bits per heavy atom. The molecule has 10 fully saturated rings. The Hall–Kier alpha value is 0. The molecular weight excluding hydrogens is 264 g/mol. The quantitative estimate of drug-likeness (QED) is 0.637. The number of rotatable bonds is 0. The van der Waals surface area contributed by atoms with Crippen molar-refractivity contribution >= 4 is 0 Å². The molecule has 22 heavy (non-hydrogen) atoms. The van der Waals surface area contributed by atoms with E-state index in [1.165, 1.54) is 94.7 Å². The first kappa shape index (κ1) is 10.1. The van der Waals surface area contributed by atoms with Crippen LogP contribution in [-0.4, -0.2) is 0 Å². The van der Waals surface area contributed by atoms with Crippen LogP contribution in [0.5, 0.6) is 0 Å². The Balaban J connectivity index is 1.50. The summed E-state index contributed by atoms with van der Waals surface area (Å²) in [5, 5.41) is 0. The molecular formula is C22H26. The molecule has 10 aliphatic carbocycles. The Kier molecular flexibility index (Phi) is 1.00. The molecule has 10 aliphatic rings. The molecule has 0 bridgehead atoms. The predicted octanol–water partition coefficient (Wildman–Crippen LogP) is 3.77. The first-order valence-electron chi connectivity index (χ1n) is 10.7. The molecule has 0 aliphatic heterocycles. The third-order valence-electron chi connectivity index (χ3n) is 13.9. The fourth-order valence-electron chi connectivity index (χ4n) is 15.5. The maximum Gasteiger partial charge on any atom is -0.0224 e. The second-order valence-corrected chi connectivity index (χ2v) is 12.5. The molecule has 0 spiro atoms. The van der Waals surface area contributed by atoms with Gasteiger partial charge >= 0.3 is 0 Å². The van der Waals surface area contributed by atoms with Crippen molar-refractivity contribution < 1.29 is 0 Å². The van der Waals surface area contributed by atoms with E-state index in [-0.39, 0.29) is 0 Å². The van der Waals surface area contributed by atoms with E-state index in [1.54, 1.807) is 12.8 Å². The first-order chi connectivity index (χ1) is 10.7. The van der Waals surface area contributed by atoms with Crippen LogP contribution in [0.4, 0.5) is 0 Å². The zero-order valence-corrected chi connectivity index (χ0v) is 13.7. The number of fused-ring (bicyclic) bond motifs is 4. The maximum absolute atomic E-state index is 2.88. The average molecular weight is 290 g/mol. The standard InChI is InChI=1S/C22H26/c1-21-15-5-3-7-11-9(5)17(21)13-14-18(21)10-6(15)4-8-12(10)20(14)22(2,16(7)8)19(11)13/h5-20H,3-4H2,1-2H3. The highest BCUT2D eigenvalue weighted by atomic mass is 15.0. The lowest BCUT2D eigenvalue weighted by atomic mass is 9.61. The summed E-state index contributed by atoms with van der Waals surface area (Å²) in [7, 11) is 0. The fourth-order valence-corrected chi connectivity index (χ4v) is 15.5. The summed E-state index contributed by atoms with van der Waals surface area (Å²) in [6.45, 7) is 5.76. The van der Waals surface area contributed by atoms with Gasteiger partial charge < -0.3 is 0 Å². The van der Waals surface area contributed by atoms with Crippen molar-refractivity contribution in [2.45, 2.75) is 26.7 Å². The third-order valence-corrected chi connectivity index (χ3v) is 13.9. The number of hydrogen-bond acceptors (Lipinski definition) is 0. The lowest BCUT2D eigenvalue weighted by Crippen LogP contribution is -2.39. The van der Waals surface area contributed by atoms with Crippen molar-refractivity contribution in [1.82, 2.24) is 0 Å². The van der Waals surface area contributed by atoms with Gasteiger partial charge in [0.05, 0.1) is 0 Å². The van der Waals surface area contributed by atoms with E-state index in [4.69, 9.17) is 0 Å². The molecule has 0 amide bonds. The van der Waals surface area contributed by atoms with Crippen LogP contribution in [0, 0.1) is 106 Å². The highest BCUT2D eigenvalue weighted by molar-refractivity contribution is 5.44. The Bertz CT molecular complexity index is 624. The lowest BCUT2D eigenvalue weighted by molar-refractivity contribution is 0.0391. The van der Waals surface area contributed by atoms with Crippen LogP contribution in [0.1, 0.15) is 26.7 Å². The van der Waals surface area contributed by atoms with E-state index in [2.05, 4.69) is 13.8 Å². The van der Waals surface area contributed by atoms with Crippen LogP contribution >= 0.6 is 0 Å². The van der Waals surface area contributed by atoms with Crippen LogP contribution in [0.15, 0.2) is 0 Å². The van der Waals surface area contributed by atoms with Gasteiger partial charge in [-0.05, 0) is 118 Å². The third kappa shape index (κ3) is 0.501. The summed E-state index contributed by atoms with van der Waals surface area (Å²) in [5.74, 6) is 19.9. The van der Waals surface area contributed by atoms with E-state index >= 15 is 0 Å². The van der Waals surface area contributed by atoms with Crippen LogP contribution < -0.4 is 0 Å². The minimum atomic E-state index is 0.863. The summed E-state index contributed by atoms with van der Waals surface area (Å²) < 4.78 is 0. The van der Waals surface area contributed by atoms with Gasteiger partial charge in [0, 0.05) is 0 Å². The lowest BCUT2D eigenvalue weighted by Gasteiger charge is -2.43. The van der Waals surface area contributed by atoms with Gasteiger partial charge in [0.15, 0.2) is 0 Å². The van der Waals surface area contributed by atoms with Crippen LogP contribution in [0.3, 0.4) is 0 Å². The molecule has 10 saturated carbocycles. The molecule has 0 aromatic carbocycles. The minimum absolute atomic E-state index is 0.863. The maximum atomic E-state index is 2.88. The Morgan fingerprint density at radius 3 is 1.09 bits per heavy atom. The summed E-state index contributed by atoms with van der Waals surface area (Å²) in [6, 6.07) is 0. The first-order valence-corrected chi connectivity index (χ1v) is 10.7. The molecule has 0 aromatic rings. The minimum Gasteiger partial charge on any atom is -0.0588 e. The van der Waals surface area contributed by atoms with Crippen LogP contribution in [0.2, 0.25) is 0 Å². The summed E-state index contributed by atoms with van der Waals surface area (Å²) >= 11 is 0. The van der Waals surface area contributed by atoms with E-state index < -0.39 is 0 Å². The van der Waals surface area contributed by atoms with E-state index in [0.29, 0.717) is 0 Å². The molecule has 0 nitrogen and oxygen atoms in total. The van der Waals surface area contributed by atoms with Crippen molar-refractivity contribution in [2.75, 3.05) is 0 Å². The monoisotopic (exact) mass is 290 g/mol. The van der Waals surface area contributed by atoms with Crippen molar-refractivity contribution in [3.8, 4) is 0 Å². The molecule has 0 N–H and O–H groups in total. The average Bonchev–Trinajstić information content (AvgIpc) is 3.16. The van der Waals surface area contributed by atoms with Gasteiger partial charge in [-0.25, -0.2) is 0 Å². The molecule has 0 heterocycles. The van der Waals surface area contributed by atoms with Crippen LogP contribution in [0.25, 0.3) is 0 Å². The van der Waals surface area contributed by atoms with Gasteiger partial charge in [-0.3, -0.25) is 0 Å². The normalized spacial score (nSPS) is 98.5. The second-order valence-electron chi connectivity index (χ2n) is 12.5. The largest absolute Gasteiger partial charge is 0.0588 e. The van der Waals surface area contributed by atoms with E-state index in [9.17, 15) is 0 Å². The molecule has 12 atom stereocenters. The molecule has 0 aromatic heterocycles.